The van der Waals surface area contributed by atoms with Crippen molar-refractivity contribution in [1.29, 1.82) is 0 Å². The summed E-state index contributed by atoms with van der Waals surface area (Å²) in [6, 6.07) is 0. The molecule has 0 radical (unpaired) electrons. The monoisotopic (exact) mass is 206 g/mol. The van der Waals surface area contributed by atoms with Gasteiger partial charge in [0.15, 0.2) is 5.78 Å². The van der Waals surface area contributed by atoms with Crippen LogP contribution in [0.15, 0.2) is 23.3 Å². The molecule has 0 amide bonds. The van der Waals surface area contributed by atoms with Gasteiger partial charge in [-0.2, -0.15) is 0 Å². The maximum atomic E-state index is 11.6. The Labute approximate surface area is 91.0 Å². The molecule has 1 saturated heterocycles. The van der Waals surface area contributed by atoms with Crippen LogP contribution in [-0.2, 0) is 9.53 Å². The lowest BCUT2D eigenvalue weighted by Gasteiger charge is -2.33. The van der Waals surface area contributed by atoms with Gasteiger partial charge < -0.3 is 4.74 Å². The summed E-state index contributed by atoms with van der Waals surface area (Å²) < 4.78 is 5.65. The molecule has 15 heavy (non-hydrogen) atoms. The van der Waals surface area contributed by atoms with E-state index in [2.05, 4.69) is 26.8 Å². The summed E-state index contributed by atoms with van der Waals surface area (Å²) in [7, 11) is 0. The van der Waals surface area contributed by atoms with Gasteiger partial charge in [0.2, 0.25) is 0 Å². The lowest BCUT2D eigenvalue weighted by atomic mass is 9.78. The highest BCUT2D eigenvalue weighted by Crippen LogP contribution is 2.35. The van der Waals surface area contributed by atoms with Gasteiger partial charge in [0, 0.05) is 12.0 Å². The first-order valence-corrected chi connectivity index (χ1v) is 5.54. The number of hydrogen-bond acceptors (Lipinski definition) is 2. The molecule has 0 spiro atoms. The standard InChI is InChI=1S/C13H18O2/c1-13(2,3)9-4-5-10-11(14)6-7-15-12(10)8-9/h4-5,12H,6-8H2,1-3H3. The Kier molecular flexibility index (Phi) is 2.55. The van der Waals surface area contributed by atoms with Crippen molar-refractivity contribution in [3.63, 3.8) is 0 Å². The van der Waals surface area contributed by atoms with Gasteiger partial charge in [0.1, 0.15) is 0 Å². The fourth-order valence-corrected chi connectivity index (χ4v) is 2.09. The molecular formula is C13H18O2. The van der Waals surface area contributed by atoms with Crippen molar-refractivity contribution in [1.82, 2.24) is 0 Å². The lowest BCUT2D eigenvalue weighted by molar-refractivity contribution is -0.121. The third kappa shape index (κ3) is 2.05. The van der Waals surface area contributed by atoms with Gasteiger partial charge in [-0.1, -0.05) is 38.5 Å². The maximum Gasteiger partial charge on any atom is 0.163 e. The molecule has 1 aliphatic heterocycles. The first-order chi connectivity index (χ1) is 6.98. The number of rotatable bonds is 0. The van der Waals surface area contributed by atoms with E-state index in [9.17, 15) is 4.79 Å². The minimum absolute atomic E-state index is 0.0190. The van der Waals surface area contributed by atoms with E-state index in [0.29, 0.717) is 13.0 Å². The highest BCUT2D eigenvalue weighted by Gasteiger charge is 2.31. The van der Waals surface area contributed by atoms with Crippen molar-refractivity contribution in [3.05, 3.63) is 23.3 Å². The van der Waals surface area contributed by atoms with E-state index in [1.165, 1.54) is 5.57 Å². The average Bonchev–Trinajstić information content (AvgIpc) is 2.16. The highest BCUT2D eigenvalue weighted by molar-refractivity contribution is 5.97. The molecule has 2 rings (SSSR count). The van der Waals surface area contributed by atoms with E-state index in [-0.39, 0.29) is 17.3 Å². The van der Waals surface area contributed by atoms with Gasteiger partial charge >= 0.3 is 0 Å². The summed E-state index contributed by atoms with van der Waals surface area (Å²) in [5, 5.41) is 0. The molecule has 1 unspecified atom stereocenters. The number of hydrogen-bond donors (Lipinski definition) is 0. The van der Waals surface area contributed by atoms with Crippen LogP contribution in [0, 0.1) is 5.41 Å². The molecule has 2 heteroatoms. The third-order valence-corrected chi connectivity index (χ3v) is 3.15. The topological polar surface area (TPSA) is 26.3 Å². The fourth-order valence-electron chi connectivity index (χ4n) is 2.09. The summed E-state index contributed by atoms with van der Waals surface area (Å²) in [6.45, 7) is 7.17. The van der Waals surface area contributed by atoms with Crippen molar-refractivity contribution in [3.8, 4) is 0 Å². The van der Waals surface area contributed by atoms with Crippen LogP contribution in [0.25, 0.3) is 0 Å². The van der Waals surface area contributed by atoms with Crippen LogP contribution in [0.3, 0.4) is 0 Å². The van der Waals surface area contributed by atoms with Crippen LogP contribution < -0.4 is 0 Å². The highest BCUT2D eigenvalue weighted by atomic mass is 16.5. The van der Waals surface area contributed by atoms with Crippen molar-refractivity contribution in [2.75, 3.05) is 6.61 Å². The summed E-state index contributed by atoms with van der Waals surface area (Å²) >= 11 is 0. The molecular weight excluding hydrogens is 188 g/mol. The van der Waals surface area contributed by atoms with Crippen LogP contribution in [0.4, 0.5) is 0 Å². The van der Waals surface area contributed by atoms with Gasteiger partial charge in [-0.3, -0.25) is 4.79 Å². The van der Waals surface area contributed by atoms with Crippen LogP contribution in [-0.4, -0.2) is 18.5 Å². The lowest BCUT2D eigenvalue weighted by Crippen LogP contribution is -2.32. The van der Waals surface area contributed by atoms with E-state index in [4.69, 9.17) is 4.74 Å². The van der Waals surface area contributed by atoms with Crippen molar-refractivity contribution < 1.29 is 9.53 Å². The number of carbonyl (C=O) groups excluding carboxylic acids is 1. The van der Waals surface area contributed by atoms with E-state index in [1.807, 2.05) is 6.08 Å². The molecule has 82 valence electrons. The van der Waals surface area contributed by atoms with Crippen molar-refractivity contribution in [2.45, 2.75) is 39.7 Å². The zero-order valence-electron chi connectivity index (χ0n) is 9.67. The molecule has 2 nitrogen and oxygen atoms in total. The number of allylic oxidation sites excluding steroid dienone is 2. The molecule has 1 atom stereocenters. The van der Waals surface area contributed by atoms with Crippen LogP contribution in [0.5, 0.6) is 0 Å². The SMILES string of the molecule is CC(C)(C)C1=CC=C2C(=O)CCOC2C1. The number of ether oxygens (including phenoxy) is 1. The van der Waals surface area contributed by atoms with E-state index in [1.54, 1.807) is 0 Å². The second-order valence-corrected chi connectivity index (χ2v) is 5.30. The molecule has 0 aromatic carbocycles. The molecule has 0 aromatic heterocycles. The van der Waals surface area contributed by atoms with Gasteiger partial charge in [-0.05, 0) is 11.8 Å². The number of fused-ring (bicyclic) bond motifs is 1. The first kappa shape index (κ1) is 10.6. The zero-order valence-corrected chi connectivity index (χ0v) is 9.67. The summed E-state index contributed by atoms with van der Waals surface area (Å²) in [6.07, 6.45) is 5.49. The molecule has 1 aliphatic carbocycles. The Hall–Kier alpha value is -0.890. The second-order valence-electron chi connectivity index (χ2n) is 5.30. The smallest absolute Gasteiger partial charge is 0.163 e. The molecule has 1 fully saturated rings. The molecule has 0 N–H and O–H groups in total. The van der Waals surface area contributed by atoms with Crippen LogP contribution >= 0.6 is 0 Å². The molecule has 0 aromatic rings. The molecule has 1 heterocycles. The predicted octanol–water partition coefficient (Wildman–Crippen LogP) is 2.65. The van der Waals surface area contributed by atoms with Crippen LogP contribution in [0.1, 0.15) is 33.6 Å². The third-order valence-electron chi connectivity index (χ3n) is 3.15. The molecule has 0 saturated carbocycles. The Balaban J connectivity index is 2.27. The normalized spacial score (nSPS) is 26.9. The van der Waals surface area contributed by atoms with E-state index < -0.39 is 0 Å². The van der Waals surface area contributed by atoms with Crippen molar-refractivity contribution >= 4 is 5.78 Å². The van der Waals surface area contributed by atoms with E-state index in [0.717, 1.165) is 12.0 Å². The maximum absolute atomic E-state index is 11.6. The van der Waals surface area contributed by atoms with Crippen LogP contribution in [0.2, 0.25) is 0 Å². The Morgan fingerprint density at radius 3 is 2.73 bits per heavy atom. The summed E-state index contributed by atoms with van der Waals surface area (Å²) in [5.41, 5.74) is 2.41. The van der Waals surface area contributed by atoms with Gasteiger partial charge in [-0.25, -0.2) is 0 Å². The quantitative estimate of drug-likeness (QED) is 0.609. The first-order valence-electron chi connectivity index (χ1n) is 5.54. The Bertz CT molecular complexity index is 342. The van der Waals surface area contributed by atoms with Gasteiger partial charge in [0.05, 0.1) is 12.7 Å². The van der Waals surface area contributed by atoms with Crippen molar-refractivity contribution in [2.24, 2.45) is 5.41 Å². The fraction of sp³-hybridized carbons (Fsp3) is 0.615. The predicted molar refractivity (Wildman–Crippen MR) is 59.6 cm³/mol. The molecule has 2 aliphatic rings. The zero-order chi connectivity index (χ0) is 11.1. The number of ketones is 1. The number of carbonyl (C=O) groups is 1. The number of Topliss-reactive ketones (excluding diaryl/α,β-unsaturated/α-hetero) is 1. The summed E-state index contributed by atoms with van der Waals surface area (Å²) in [4.78, 5) is 11.6. The largest absolute Gasteiger partial charge is 0.373 e. The van der Waals surface area contributed by atoms with Gasteiger partial charge in [-0.15, -0.1) is 0 Å². The summed E-state index contributed by atoms with van der Waals surface area (Å²) in [5.74, 6) is 0.260. The minimum atomic E-state index is 0.0190. The minimum Gasteiger partial charge on any atom is -0.373 e. The van der Waals surface area contributed by atoms with Gasteiger partial charge in [0.25, 0.3) is 0 Å². The average molecular weight is 206 g/mol. The Morgan fingerprint density at radius 2 is 2.07 bits per heavy atom. The molecule has 0 bridgehead atoms. The van der Waals surface area contributed by atoms with E-state index >= 15 is 0 Å². The Morgan fingerprint density at radius 1 is 1.33 bits per heavy atom. The second kappa shape index (κ2) is 3.60.